The van der Waals surface area contributed by atoms with Crippen molar-refractivity contribution in [1.29, 1.82) is 0 Å². The third-order valence-electron chi connectivity index (χ3n) is 2.10. The van der Waals surface area contributed by atoms with Gasteiger partial charge in [-0.25, -0.2) is 6.57 Å². The number of rotatable bonds is 0. The lowest BCUT2D eigenvalue weighted by Gasteiger charge is -2.10. The molecule has 0 aromatic heterocycles. The van der Waals surface area contributed by atoms with E-state index >= 15 is 0 Å². The Kier molecular flexibility index (Phi) is 2.70. The maximum Gasteiger partial charge on any atom is 0.225 e. The van der Waals surface area contributed by atoms with Crippen molar-refractivity contribution in [3.05, 3.63) is 11.4 Å². The first kappa shape index (κ1) is 7.56. The van der Waals surface area contributed by atoms with Gasteiger partial charge in [-0.3, -0.25) is 0 Å². The highest BCUT2D eigenvalue weighted by Crippen LogP contribution is 2.12. The predicted molar refractivity (Wildman–Crippen MR) is 41.7 cm³/mol. The van der Waals surface area contributed by atoms with Gasteiger partial charge >= 0.3 is 0 Å². The molecule has 0 spiro atoms. The molecule has 0 N–H and O–H groups in total. The summed E-state index contributed by atoms with van der Waals surface area (Å²) in [5, 5.41) is 0. The molecule has 0 saturated carbocycles. The lowest BCUT2D eigenvalue weighted by Crippen LogP contribution is -2.19. The molecule has 1 rings (SSSR count). The Balaban J connectivity index is 2.35. The quantitative estimate of drug-likeness (QED) is 0.459. The zero-order valence-electron chi connectivity index (χ0n) is 6.51. The van der Waals surface area contributed by atoms with Gasteiger partial charge in [0.25, 0.3) is 0 Å². The van der Waals surface area contributed by atoms with E-state index in [9.17, 15) is 0 Å². The van der Waals surface area contributed by atoms with Crippen molar-refractivity contribution in [1.82, 2.24) is 4.90 Å². The van der Waals surface area contributed by atoms with Crippen molar-refractivity contribution < 1.29 is 0 Å². The van der Waals surface area contributed by atoms with E-state index in [1.54, 1.807) is 0 Å². The first-order chi connectivity index (χ1) is 4.83. The minimum Gasteiger partial charge on any atom is -0.314 e. The number of hydrogen-bond acceptors (Lipinski definition) is 1. The number of likely N-dealkylation sites (tertiary alicyclic amines) is 1. The van der Waals surface area contributed by atoms with E-state index in [1.165, 1.54) is 13.0 Å². The van der Waals surface area contributed by atoms with Crippen LogP contribution in [-0.2, 0) is 0 Å². The standard InChI is InChI=1S/C8H14N2/c1-9-8-4-3-6-10(2)7-5-8/h8H,3-7H2,2H3. The predicted octanol–water partition coefficient (Wildman–Crippen LogP) is 1.39. The lowest BCUT2D eigenvalue weighted by molar-refractivity contribution is 0.349. The van der Waals surface area contributed by atoms with E-state index in [1.807, 2.05) is 0 Å². The monoisotopic (exact) mass is 138 g/mol. The van der Waals surface area contributed by atoms with Crippen LogP contribution in [0.25, 0.3) is 4.85 Å². The maximum atomic E-state index is 6.87. The summed E-state index contributed by atoms with van der Waals surface area (Å²) in [6.45, 7) is 9.14. The summed E-state index contributed by atoms with van der Waals surface area (Å²) in [7, 11) is 2.13. The van der Waals surface area contributed by atoms with E-state index in [0.29, 0.717) is 6.04 Å². The summed E-state index contributed by atoms with van der Waals surface area (Å²) in [5.74, 6) is 0. The van der Waals surface area contributed by atoms with E-state index in [4.69, 9.17) is 6.57 Å². The highest BCUT2D eigenvalue weighted by Gasteiger charge is 2.16. The molecule has 1 unspecified atom stereocenters. The molecule has 1 atom stereocenters. The summed E-state index contributed by atoms with van der Waals surface area (Å²) in [5.41, 5.74) is 0. The van der Waals surface area contributed by atoms with Gasteiger partial charge in [-0.15, -0.1) is 0 Å². The second-order valence-corrected chi connectivity index (χ2v) is 3.02. The highest BCUT2D eigenvalue weighted by atomic mass is 15.1. The van der Waals surface area contributed by atoms with Crippen molar-refractivity contribution >= 4 is 0 Å². The van der Waals surface area contributed by atoms with Crippen molar-refractivity contribution in [2.45, 2.75) is 25.3 Å². The zero-order valence-corrected chi connectivity index (χ0v) is 6.51. The van der Waals surface area contributed by atoms with Crippen LogP contribution in [-0.4, -0.2) is 31.1 Å². The summed E-state index contributed by atoms with van der Waals surface area (Å²) < 4.78 is 0. The Morgan fingerprint density at radius 3 is 2.90 bits per heavy atom. The normalized spacial score (nSPS) is 29.0. The van der Waals surface area contributed by atoms with Gasteiger partial charge in [0.2, 0.25) is 6.04 Å². The lowest BCUT2D eigenvalue weighted by atomic mass is 10.1. The van der Waals surface area contributed by atoms with E-state index in [2.05, 4.69) is 16.8 Å². The Morgan fingerprint density at radius 2 is 2.20 bits per heavy atom. The Hall–Kier alpha value is -0.550. The van der Waals surface area contributed by atoms with Crippen molar-refractivity contribution in [2.75, 3.05) is 20.1 Å². The van der Waals surface area contributed by atoms with Crippen LogP contribution in [0.5, 0.6) is 0 Å². The average Bonchev–Trinajstić information content (AvgIpc) is 2.14. The Bertz CT molecular complexity index is 137. The molecule has 1 heterocycles. The summed E-state index contributed by atoms with van der Waals surface area (Å²) >= 11 is 0. The van der Waals surface area contributed by atoms with Crippen LogP contribution in [0.3, 0.4) is 0 Å². The Labute approximate surface area is 62.7 Å². The Morgan fingerprint density at radius 1 is 1.40 bits per heavy atom. The molecular weight excluding hydrogens is 124 g/mol. The van der Waals surface area contributed by atoms with Gasteiger partial charge in [0.05, 0.1) is 0 Å². The maximum absolute atomic E-state index is 6.87. The van der Waals surface area contributed by atoms with E-state index < -0.39 is 0 Å². The van der Waals surface area contributed by atoms with Crippen LogP contribution < -0.4 is 0 Å². The van der Waals surface area contributed by atoms with Gasteiger partial charge in [0, 0.05) is 19.4 Å². The number of hydrogen-bond donors (Lipinski definition) is 0. The summed E-state index contributed by atoms with van der Waals surface area (Å²) in [4.78, 5) is 5.88. The minimum absolute atomic E-state index is 0.310. The molecule has 2 nitrogen and oxygen atoms in total. The first-order valence-electron chi connectivity index (χ1n) is 3.88. The van der Waals surface area contributed by atoms with Gasteiger partial charge in [0.1, 0.15) is 0 Å². The average molecular weight is 138 g/mol. The molecular formula is C8H14N2. The second-order valence-electron chi connectivity index (χ2n) is 3.02. The third kappa shape index (κ3) is 2.00. The molecule has 2 heteroatoms. The van der Waals surface area contributed by atoms with Gasteiger partial charge in [-0.2, -0.15) is 0 Å². The fourth-order valence-corrected chi connectivity index (χ4v) is 1.35. The SMILES string of the molecule is [C-]#[N+]C1CCCN(C)CC1. The molecule has 0 aromatic carbocycles. The topological polar surface area (TPSA) is 7.60 Å². The van der Waals surface area contributed by atoms with E-state index in [0.717, 1.165) is 19.4 Å². The van der Waals surface area contributed by atoms with Crippen LogP contribution in [0.2, 0.25) is 0 Å². The zero-order chi connectivity index (χ0) is 7.40. The van der Waals surface area contributed by atoms with Crippen LogP contribution in [0.4, 0.5) is 0 Å². The highest BCUT2D eigenvalue weighted by molar-refractivity contribution is 4.81. The third-order valence-corrected chi connectivity index (χ3v) is 2.10. The fourth-order valence-electron chi connectivity index (χ4n) is 1.35. The molecule has 0 aromatic rings. The molecule has 1 aliphatic heterocycles. The van der Waals surface area contributed by atoms with Crippen molar-refractivity contribution in [2.24, 2.45) is 0 Å². The molecule has 1 aliphatic rings. The van der Waals surface area contributed by atoms with Crippen LogP contribution in [0.15, 0.2) is 0 Å². The van der Waals surface area contributed by atoms with Crippen LogP contribution in [0.1, 0.15) is 19.3 Å². The van der Waals surface area contributed by atoms with Gasteiger partial charge < -0.3 is 9.74 Å². The first-order valence-corrected chi connectivity index (χ1v) is 3.88. The largest absolute Gasteiger partial charge is 0.314 e. The second kappa shape index (κ2) is 3.58. The molecule has 0 bridgehead atoms. The van der Waals surface area contributed by atoms with Gasteiger partial charge in [0.15, 0.2) is 0 Å². The molecule has 10 heavy (non-hydrogen) atoms. The number of nitrogens with zero attached hydrogens (tertiary/aromatic N) is 2. The molecule has 0 radical (unpaired) electrons. The van der Waals surface area contributed by atoms with E-state index in [-0.39, 0.29) is 0 Å². The smallest absolute Gasteiger partial charge is 0.225 e. The molecule has 56 valence electrons. The summed E-state index contributed by atoms with van der Waals surface area (Å²) in [6.07, 6.45) is 3.37. The molecule has 0 amide bonds. The van der Waals surface area contributed by atoms with Gasteiger partial charge in [-0.1, -0.05) is 0 Å². The van der Waals surface area contributed by atoms with Gasteiger partial charge in [-0.05, 0) is 20.0 Å². The van der Waals surface area contributed by atoms with Crippen molar-refractivity contribution in [3.63, 3.8) is 0 Å². The van der Waals surface area contributed by atoms with Crippen LogP contribution >= 0.6 is 0 Å². The summed E-state index contributed by atoms with van der Waals surface area (Å²) in [6, 6.07) is 0.310. The van der Waals surface area contributed by atoms with Crippen molar-refractivity contribution in [3.8, 4) is 0 Å². The van der Waals surface area contributed by atoms with Crippen LogP contribution in [0, 0.1) is 6.57 Å². The molecule has 1 saturated heterocycles. The molecule has 0 aliphatic carbocycles. The molecule has 1 fully saturated rings. The fraction of sp³-hybridized carbons (Fsp3) is 0.875. The minimum atomic E-state index is 0.310.